The van der Waals surface area contributed by atoms with E-state index in [1.54, 1.807) is 0 Å². The van der Waals surface area contributed by atoms with Crippen LogP contribution < -0.4 is 5.32 Å². The highest BCUT2D eigenvalue weighted by Gasteiger charge is 2.22. The van der Waals surface area contributed by atoms with Gasteiger partial charge in [0.2, 0.25) is 0 Å². The van der Waals surface area contributed by atoms with Gasteiger partial charge in [0.25, 0.3) is 0 Å². The number of halogens is 1. The molecular weight excluding hydrogens is 210 g/mol. The summed E-state index contributed by atoms with van der Waals surface area (Å²) in [6.07, 6.45) is 2.05. The normalized spacial score (nSPS) is 21.4. The predicted octanol–water partition coefficient (Wildman–Crippen LogP) is 1.78. The molecule has 82 valence electrons. The van der Waals surface area contributed by atoms with E-state index in [1.807, 2.05) is 19.1 Å². The number of benzene rings is 1. The fourth-order valence-corrected chi connectivity index (χ4v) is 2.35. The maximum atomic E-state index is 8.97. The van der Waals surface area contributed by atoms with Crippen molar-refractivity contribution in [1.82, 2.24) is 5.32 Å². The molecular formula is C12H16ClNO. The molecule has 1 aliphatic carbocycles. The molecule has 2 N–H and O–H groups in total. The molecule has 3 heteroatoms. The van der Waals surface area contributed by atoms with Gasteiger partial charge in [0.05, 0.1) is 6.61 Å². The molecule has 1 unspecified atom stereocenters. The summed E-state index contributed by atoms with van der Waals surface area (Å²) < 4.78 is 0. The van der Waals surface area contributed by atoms with Gasteiger partial charge in [-0.15, -0.1) is 0 Å². The van der Waals surface area contributed by atoms with E-state index < -0.39 is 0 Å². The average Bonchev–Trinajstić information content (AvgIpc) is 2.59. The lowest BCUT2D eigenvalue weighted by atomic mass is 10.1. The smallest absolute Gasteiger partial charge is 0.0582 e. The van der Waals surface area contributed by atoms with Crippen molar-refractivity contribution in [3.05, 3.63) is 34.3 Å². The van der Waals surface area contributed by atoms with E-state index in [-0.39, 0.29) is 12.6 Å². The van der Waals surface area contributed by atoms with Crippen LogP contribution in [0.2, 0.25) is 5.02 Å². The molecule has 0 spiro atoms. The third-order valence-corrected chi connectivity index (χ3v) is 3.13. The van der Waals surface area contributed by atoms with E-state index in [2.05, 4.69) is 11.4 Å². The van der Waals surface area contributed by atoms with Crippen LogP contribution in [0, 0.1) is 0 Å². The third kappa shape index (κ3) is 2.51. The number of aliphatic hydroxyl groups is 1. The molecule has 2 nitrogen and oxygen atoms in total. The molecule has 2 atom stereocenters. The Morgan fingerprint density at radius 3 is 2.93 bits per heavy atom. The Bertz CT molecular complexity index is 353. The summed E-state index contributed by atoms with van der Waals surface area (Å²) in [5, 5.41) is 13.2. The van der Waals surface area contributed by atoms with E-state index in [1.165, 1.54) is 11.1 Å². The van der Waals surface area contributed by atoms with Crippen molar-refractivity contribution in [2.45, 2.75) is 31.8 Å². The monoisotopic (exact) mass is 225 g/mol. The zero-order chi connectivity index (χ0) is 10.8. The van der Waals surface area contributed by atoms with Gasteiger partial charge in [0.1, 0.15) is 0 Å². The van der Waals surface area contributed by atoms with Gasteiger partial charge in [-0.25, -0.2) is 0 Å². The summed E-state index contributed by atoms with van der Waals surface area (Å²) in [6, 6.07) is 6.70. The molecule has 0 saturated heterocycles. The first-order chi connectivity index (χ1) is 7.19. The maximum Gasteiger partial charge on any atom is 0.0582 e. The van der Waals surface area contributed by atoms with Gasteiger partial charge in [0.15, 0.2) is 0 Å². The SMILES string of the molecule is C[C@H](CO)NC1Cc2ccc(Cl)cc2C1. The lowest BCUT2D eigenvalue weighted by Crippen LogP contribution is -2.39. The second-order valence-electron chi connectivity index (χ2n) is 4.27. The quantitative estimate of drug-likeness (QED) is 0.822. The van der Waals surface area contributed by atoms with E-state index in [4.69, 9.17) is 16.7 Å². The van der Waals surface area contributed by atoms with Crippen molar-refractivity contribution in [3.63, 3.8) is 0 Å². The van der Waals surface area contributed by atoms with Crippen LogP contribution in [0.4, 0.5) is 0 Å². The molecule has 0 radical (unpaired) electrons. The zero-order valence-corrected chi connectivity index (χ0v) is 9.59. The van der Waals surface area contributed by atoms with E-state index in [9.17, 15) is 0 Å². The Morgan fingerprint density at radius 1 is 1.47 bits per heavy atom. The molecule has 0 saturated carbocycles. The fourth-order valence-electron chi connectivity index (χ4n) is 2.16. The van der Waals surface area contributed by atoms with Gasteiger partial charge in [-0.05, 0) is 43.0 Å². The Morgan fingerprint density at radius 2 is 2.20 bits per heavy atom. The Hall–Kier alpha value is -0.570. The van der Waals surface area contributed by atoms with Crippen LogP contribution in [0.5, 0.6) is 0 Å². The van der Waals surface area contributed by atoms with Gasteiger partial charge in [0, 0.05) is 17.1 Å². The topological polar surface area (TPSA) is 32.3 Å². The van der Waals surface area contributed by atoms with E-state index in [0.29, 0.717) is 6.04 Å². The van der Waals surface area contributed by atoms with E-state index in [0.717, 1.165) is 17.9 Å². The van der Waals surface area contributed by atoms with Gasteiger partial charge < -0.3 is 10.4 Å². The van der Waals surface area contributed by atoms with Gasteiger partial charge >= 0.3 is 0 Å². The van der Waals surface area contributed by atoms with Crippen LogP contribution >= 0.6 is 11.6 Å². The molecule has 1 aromatic rings. The molecule has 0 fully saturated rings. The van der Waals surface area contributed by atoms with Crippen molar-refractivity contribution in [3.8, 4) is 0 Å². The highest BCUT2D eigenvalue weighted by atomic mass is 35.5. The molecule has 0 heterocycles. The zero-order valence-electron chi connectivity index (χ0n) is 8.83. The first kappa shape index (κ1) is 10.9. The van der Waals surface area contributed by atoms with Crippen LogP contribution in [0.25, 0.3) is 0 Å². The lowest BCUT2D eigenvalue weighted by molar-refractivity contribution is 0.241. The molecule has 2 rings (SSSR count). The number of nitrogens with one attached hydrogen (secondary N) is 1. The van der Waals surface area contributed by atoms with Crippen LogP contribution in [-0.2, 0) is 12.8 Å². The van der Waals surface area contributed by atoms with Gasteiger partial charge in [-0.2, -0.15) is 0 Å². The van der Waals surface area contributed by atoms with Crippen molar-refractivity contribution in [2.24, 2.45) is 0 Å². The largest absolute Gasteiger partial charge is 0.395 e. The van der Waals surface area contributed by atoms with Gasteiger partial charge in [-0.3, -0.25) is 0 Å². The first-order valence-corrected chi connectivity index (χ1v) is 5.71. The summed E-state index contributed by atoms with van der Waals surface area (Å²) >= 11 is 5.94. The van der Waals surface area contributed by atoms with Crippen LogP contribution in [0.1, 0.15) is 18.1 Å². The van der Waals surface area contributed by atoms with Crippen LogP contribution in [0.3, 0.4) is 0 Å². The molecule has 0 amide bonds. The minimum Gasteiger partial charge on any atom is -0.395 e. The predicted molar refractivity (Wildman–Crippen MR) is 62.3 cm³/mol. The number of rotatable bonds is 3. The second-order valence-corrected chi connectivity index (χ2v) is 4.70. The van der Waals surface area contributed by atoms with E-state index >= 15 is 0 Å². The van der Waals surface area contributed by atoms with Crippen LogP contribution in [-0.4, -0.2) is 23.8 Å². The summed E-state index contributed by atoms with van der Waals surface area (Å²) in [5.41, 5.74) is 2.71. The summed E-state index contributed by atoms with van der Waals surface area (Å²) in [5.74, 6) is 0. The number of fused-ring (bicyclic) bond motifs is 1. The van der Waals surface area contributed by atoms with Crippen LogP contribution in [0.15, 0.2) is 18.2 Å². The molecule has 1 aliphatic rings. The molecule has 1 aromatic carbocycles. The first-order valence-electron chi connectivity index (χ1n) is 5.33. The minimum atomic E-state index is 0.166. The molecule has 0 aromatic heterocycles. The second kappa shape index (κ2) is 4.52. The maximum absolute atomic E-state index is 8.97. The summed E-state index contributed by atoms with van der Waals surface area (Å²) in [7, 11) is 0. The summed E-state index contributed by atoms with van der Waals surface area (Å²) in [6.45, 7) is 2.18. The lowest BCUT2D eigenvalue weighted by Gasteiger charge is -2.16. The molecule has 0 aliphatic heterocycles. The molecule has 15 heavy (non-hydrogen) atoms. The molecule has 0 bridgehead atoms. The fraction of sp³-hybridized carbons (Fsp3) is 0.500. The van der Waals surface area contributed by atoms with Crippen molar-refractivity contribution in [1.29, 1.82) is 0 Å². The van der Waals surface area contributed by atoms with Crippen molar-refractivity contribution >= 4 is 11.6 Å². The van der Waals surface area contributed by atoms with Crippen molar-refractivity contribution in [2.75, 3.05) is 6.61 Å². The Kier molecular flexibility index (Phi) is 3.29. The average molecular weight is 226 g/mol. The standard InChI is InChI=1S/C12H16ClNO/c1-8(7-15)14-12-5-9-2-3-11(13)4-10(9)6-12/h2-4,8,12,14-15H,5-7H2,1H3/t8-,12?/m1/s1. The van der Waals surface area contributed by atoms with Gasteiger partial charge in [-0.1, -0.05) is 17.7 Å². The Labute approximate surface area is 95.3 Å². The number of hydrogen-bond acceptors (Lipinski definition) is 2. The number of aliphatic hydroxyl groups excluding tert-OH is 1. The third-order valence-electron chi connectivity index (χ3n) is 2.90. The number of hydrogen-bond donors (Lipinski definition) is 2. The summed E-state index contributed by atoms with van der Waals surface area (Å²) in [4.78, 5) is 0. The minimum absolute atomic E-state index is 0.166. The highest BCUT2D eigenvalue weighted by Crippen LogP contribution is 2.25. The van der Waals surface area contributed by atoms with Crippen molar-refractivity contribution < 1.29 is 5.11 Å². The Balaban J connectivity index is 2.03. The highest BCUT2D eigenvalue weighted by molar-refractivity contribution is 6.30.